The summed E-state index contributed by atoms with van der Waals surface area (Å²) in [6, 6.07) is 14.2. The number of hydrogen-bond donors (Lipinski definition) is 1. The van der Waals surface area contributed by atoms with Gasteiger partial charge in [0, 0.05) is 10.9 Å². The summed E-state index contributed by atoms with van der Waals surface area (Å²) >= 11 is 6.21. The molecular weight excluding hydrogens is 310 g/mol. The number of ketones is 1. The maximum Gasteiger partial charge on any atom is 0.189 e. The van der Waals surface area contributed by atoms with E-state index in [9.17, 15) is 9.90 Å². The number of phenolic OH excluding ortho intramolecular Hbond substituents is 1. The van der Waals surface area contributed by atoms with E-state index in [1.54, 1.807) is 24.3 Å². The molecule has 0 unspecified atom stereocenters. The average Bonchev–Trinajstić information content (AvgIpc) is 2.54. The van der Waals surface area contributed by atoms with Gasteiger partial charge in [-0.3, -0.25) is 4.79 Å². The van der Waals surface area contributed by atoms with Crippen LogP contribution in [0.2, 0.25) is 5.15 Å². The molecule has 3 nitrogen and oxygen atoms in total. The highest BCUT2D eigenvalue weighted by atomic mass is 35.5. The third-order valence-corrected chi connectivity index (χ3v) is 3.91. The van der Waals surface area contributed by atoms with Crippen LogP contribution in [0.3, 0.4) is 0 Å². The number of nitrogens with zero attached hydrogens (tertiary/aromatic N) is 1. The molecule has 0 fully saturated rings. The van der Waals surface area contributed by atoms with Crippen LogP contribution in [0.4, 0.5) is 0 Å². The minimum Gasteiger partial charge on any atom is -0.507 e. The number of hydrogen-bond acceptors (Lipinski definition) is 3. The largest absolute Gasteiger partial charge is 0.507 e. The molecule has 23 heavy (non-hydrogen) atoms. The topological polar surface area (TPSA) is 50.2 Å². The molecule has 3 rings (SSSR count). The van der Waals surface area contributed by atoms with Crippen LogP contribution < -0.4 is 0 Å². The molecule has 0 radical (unpaired) electrons. The molecule has 0 saturated heterocycles. The molecular formula is C19H14ClNO2. The van der Waals surface area contributed by atoms with E-state index in [0.717, 1.165) is 16.5 Å². The van der Waals surface area contributed by atoms with Gasteiger partial charge in [0.15, 0.2) is 5.78 Å². The van der Waals surface area contributed by atoms with Crippen molar-refractivity contribution >= 4 is 34.4 Å². The van der Waals surface area contributed by atoms with Crippen molar-refractivity contribution in [1.29, 1.82) is 0 Å². The summed E-state index contributed by atoms with van der Waals surface area (Å²) in [4.78, 5) is 16.6. The van der Waals surface area contributed by atoms with E-state index in [-0.39, 0.29) is 17.1 Å². The first-order chi connectivity index (χ1) is 11.1. The van der Waals surface area contributed by atoms with Crippen molar-refractivity contribution in [2.24, 2.45) is 0 Å². The average molecular weight is 324 g/mol. The molecule has 0 amide bonds. The molecule has 2 aromatic carbocycles. The zero-order valence-corrected chi connectivity index (χ0v) is 13.2. The van der Waals surface area contributed by atoms with E-state index in [1.807, 2.05) is 31.2 Å². The van der Waals surface area contributed by atoms with E-state index >= 15 is 0 Å². The first-order valence-electron chi connectivity index (χ1n) is 7.12. The lowest BCUT2D eigenvalue weighted by atomic mass is 10.1. The number of aromatic nitrogens is 1. The summed E-state index contributed by atoms with van der Waals surface area (Å²) in [6.07, 6.45) is 3.01. The van der Waals surface area contributed by atoms with E-state index in [4.69, 9.17) is 11.6 Å². The van der Waals surface area contributed by atoms with E-state index in [0.29, 0.717) is 10.7 Å². The summed E-state index contributed by atoms with van der Waals surface area (Å²) in [5, 5.41) is 11.0. The molecule has 0 bridgehead atoms. The van der Waals surface area contributed by atoms with Gasteiger partial charge in [-0.2, -0.15) is 0 Å². The summed E-state index contributed by atoms with van der Waals surface area (Å²) < 4.78 is 0. The van der Waals surface area contributed by atoms with Gasteiger partial charge >= 0.3 is 0 Å². The van der Waals surface area contributed by atoms with Gasteiger partial charge in [-0.25, -0.2) is 4.98 Å². The minimum atomic E-state index is -0.288. The van der Waals surface area contributed by atoms with E-state index < -0.39 is 0 Å². The summed E-state index contributed by atoms with van der Waals surface area (Å²) in [5.74, 6) is -0.330. The molecule has 1 aromatic heterocycles. The lowest BCUT2D eigenvalue weighted by Gasteiger charge is -2.05. The number of allylic oxidation sites excluding steroid dienone is 1. The number of phenols is 1. The normalized spacial score (nSPS) is 11.2. The fraction of sp³-hybridized carbons (Fsp3) is 0.0526. The van der Waals surface area contributed by atoms with Crippen LogP contribution in [0.5, 0.6) is 5.75 Å². The zero-order chi connectivity index (χ0) is 16.4. The first kappa shape index (κ1) is 15.3. The van der Waals surface area contributed by atoms with Gasteiger partial charge in [0.05, 0.1) is 11.1 Å². The second-order valence-corrected chi connectivity index (χ2v) is 5.59. The number of pyridine rings is 1. The number of carbonyl (C=O) groups excluding carboxylic acids is 1. The number of aromatic hydroxyl groups is 1. The van der Waals surface area contributed by atoms with Gasteiger partial charge < -0.3 is 5.11 Å². The van der Waals surface area contributed by atoms with Crippen LogP contribution in [0.25, 0.3) is 17.0 Å². The molecule has 4 heteroatoms. The van der Waals surface area contributed by atoms with Crippen molar-refractivity contribution in [3.63, 3.8) is 0 Å². The van der Waals surface area contributed by atoms with Gasteiger partial charge in [-0.1, -0.05) is 41.9 Å². The lowest BCUT2D eigenvalue weighted by molar-refractivity contribution is 0.104. The number of halogens is 1. The molecule has 0 spiro atoms. The van der Waals surface area contributed by atoms with Crippen LogP contribution >= 0.6 is 11.6 Å². The van der Waals surface area contributed by atoms with Crippen LogP contribution in [-0.2, 0) is 0 Å². The Morgan fingerprint density at radius 2 is 1.96 bits per heavy atom. The Kier molecular flexibility index (Phi) is 4.13. The van der Waals surface area contributed by atoms with Crippen molar-refractivity contribution in [3.05, 3.63) is 76.5 Å². The molecule has 1 heterocycles. The van der Waals surface area contributed by atoms with Crippen molar-refractivity contribution in [1.82, 2.24) is 4.98 Å². The summed E-state index contributed by atoms with van der Waals surface area (Å²) in [6.45, 7) is 1.98. The maximum absolute atomic E-state index is 12.2. The van der Waals surface area contributed by atoms with Crippen molar-refractivity contribution in [2.45, 2.75) is 6.92 Å². The summed E-state index contributed by atoms with van der Waals surface area (Å²) in [7, 11) is 0. The quantitative estimate of drug-likeness (QED) is 0.428. The number of carbonyl (C=O) groups is 1. The number of rotatable bonds is 3. The lowest BCUT2D eigenvalue weighted by Crippen LogP contribution is -1.94. The monoisotopic (exact) mass is 323 g/mol. The minimum absolute atomic E-state index is 0.0412. The Balaban J connectivity index is 1.97. The molecule has 0 aliphatic heterocycles. The third-order valence-electron chi connectivity index (χ3n) is 3.61. The maximum atomic E-state index is 12.2. The molecule has 0 aliphatic rings. The Morgan fingerprint density at radius 3 is 2.74 bits per heavy atom. The highest BCUT2D eigenvalue weighted by molar-refractivity contribution is 6.31. The first-order valence-corrected chi connectivity index (χ1v) is 7.50. The molecule has 0 aliphatic carbocycles. The fourth-order valence-electron chi connectivity index (χ4n) is 2.39. The second kappa shape index (κ2) is 6.23. The van der Waals surface area contributed by atoms with Crippen LogP contribution in [0.1, 0.15) is 21.5 Å². The predicted octanol–water partition coefficient (Wildman–Crippen LogP) is 4.80. The van der Waals surface area contributed by atoms with Gasteiger partial charge in [-0.15, -0.1) is 0 Å². The van der Waals surface area contributed by atoms with Gasteiger partial charge in [-0.05, 0) is 42.8 Å². The van der Waals surface area contributed by atoms with E-state index in [1.165, 1.54) is 12.1 Å². The SMILES string of the molecule is Cc1cccc2cc(/C=C/C(=O)c3ccccc3O)c(Cl)nc12. The number of fused-ring (bicyclic) bond motifs is 1. The Bertz CT molecular complexity index is 932. The van der Waals surface area contributed by atoms with Crippen LogP contribution in [0, 0.1) is 6.92 Å². The Morgan fingerprint density at radius 1 is 1.17 bits per heavy atom. The standard InChI is InChI=1S/C19H14ClNO2/c1-12-5-4-6-13-11-14(19(20)21-18(12)13)9-10-17(23)15-7-2-3-8-16(15)22/h2-11,22H,1H3/b10-9+. The molecule has 0 saturated carbocycles. The third kappa shape index (κ3) is 3.10. The molecule has 0 atom stereocenters. The fourth-order valence-corrected chi connectivity index (χ4v) is 2.60. The highest BCUT2D eigenvalue weighted by Gasteiger charge is 2.08. The number of para-hydroxylation sites is 2. The number of benzene rings is 2. The second-order valence-electron chi connectivity index (χ2n) is 5.23. The Labute approximate surface area is 138 Å². The molecule has 114 valence electrons. The molecule has 3 aromatic rings. The van der Waals surface area contributed by atoms with Gasteiger partial charge in [0.1, 0.15) is 10.9 Å². The number of aryl methyl sites for hydroxylation is 1. The van der Waals surface area contributed by atoms with Crippen LogP contribution in [-0.4, -0.2) is 15.9 Å². The predicted molar refractivity (Wildman–Crippen MR) is 93.0 cm³/mol. The van der Waals surface area contributed by atoms with Crippen molar-refractivity contribution < 1.29 is 9.90 Å². The van der Waals surface area contributed by atoms with Crippen LogP contribution in [0.15, 0.2) is 54.6 Å². The smallest absolute Gasteiger partial charge is 0.189 e. The molecule has 1 N–H and O–H groups in total. The van der Waals surface area contributed by atoms with Crippen molar-refractivity contribution in [2.75, 3.05) is 0 Å². The van der Waals surface area contributed by atoms with Gasteiger partial charge in [0.2, 0.25) is 0 Å². The zero-order valence-electron chi connectivity index (χ0n) is 12.5. The summed E-state index contributed by atoms with van der Waals surface area (Å²) in [5.41, 5.74) is 2.81. The van der Waals surface area contributed by atoms with Crippen molar-refractivity contribution in [3.8, 4) is 5.75 Å². The Hall–Kier alpha value is -2.65. The van der Waals surface area contributed by atoms with Gasteiger partial charge in [0.25, 0.3) is 0 Å². The van der Waals surface area contributed by atoms with E-state index in [2.05, 4.69) is 4.98 Å². The highest BCUT2D eigenvalue weighted by Crippen LogP contribution is 2.24.